The van der Waals surface area contributed by atoms with E-state index in [1.165, 1.54) is 12.8 Å². The standard InChI is InChI=1S/C15H19N3O2/c1-11-5-4-6-12(9-11)19-10-14-17-18-15(20-14)13-7-2-3-8-16-13/h2-3,7-8,11-12H,4-6,9-10H2,1H3/t11-,12+/m0/s1. The van der Waals surface area contributed by atoms with E-state index in [2.05, 4.69) is 22.1 Å². The second-order valence-electron chi connectivity index (χ2n) is 5.42. The fourth-order valence-corrected chi connectivity index (χ4v) is 2.62. The number of aromatic nitrogens is 3. The molecule has 3 rings (SSSR count). The van der Waals surface area contributed by atoms with Gasteiger partial charge in [0.1, 0.15) is 12.3 Å². The Hall–Kier alpha value is -1.75. The van der Waals surface area contributed by atoms with Gasteiger partial charge in [0.05, 0.1) is 6.10 Å². The average Bonchev–Trinajstić information content (AvgIpc) is 2.95. The molecule has 2 aromatic rings. The third-order valence-corrected chi connectivity index (χ3v) is 3.68. The van der Waals surface area contributed by atoms with Gasteiger partial charge in [-0.05, 0) is 30.9 Å². The molecule has 2 atom stereocenters. The number of ether oxygens (including phenoxy) is 1. The number of rotatable bonds is 4. The van der Waals surface area contributed by atoms with Gasteiger partial charge in [0.2, 0.25) is 5.89 Å². The van der Waals surface area contributed by atoms with Crippen molar-refractivity contribution in [1.29, 1.82) is 0 Å². The molecule has 106 valence electrons. The van der Waals surface area contributed by atoms with E-state index in [-0.39, 0.29) is 0 Å². The largest absolute Gasteiger partial charge is 0.417 e. The van der Waals surface area contributed by atoms with Crippen molar-refractivity contribution in [3.8, 4) is 11.6 Å². The minimum atomic E-state index is 0.323. The quantitative estimate of drug-likeness (QED) is 0.855. The van der Waals surface area contributed by atoms with Crippen molar-refractivity contribution in [2.75, 3.05) is 0 Å². The molecule has 0 N–H and O–H groups in total. The number of hydrogen-bond donors (Lipinski definition) is 0. The summed E-state index contributed by atoms with van der Waals surface area (Å²) in [6, 6.07) is 5.60. The fourth-order valence-electron chi connectivity index (χ4n) is 2.62. The summed E-state index contributed by atoms with van der Waals surface area (Å²) < 4.78 is 11.4. The Bertz CT molecular complexity index is 541. The molecule has 0 spiro atoms. The van der Waals surface area contributed by atoms with Crippen LogP contribution in [0.5, 0.6) is 0 Å². The molecule has 1 aliphatic rings. The van der Waals surface area contributed by atoms with Crippen LogP contribution in [0.2, 0.25) is 0 Å². The number of nitrogens with zero attached hydrogens (tertiary/aromatic N) is 3. The third-order valence-electron chi connectivity index (χ3n) is 3.68. The van der Waals surface area contributed by atoms with E-state index in [1.54, 1.807) is 6.20 Å². The molecule has 5 nitrogen and oxygen atoms in total. The SMILES string of the molecule is C[C@H]1CCC[C@@H](OCc2nnc(-c3ccccn3)o2)C1. The molecule has 0 aromatic carbocycles. The molecule has 20 heavy (non-hydrogen) atoms. The zero-order valence-electron chi connectivity index (χ0n) is 11.7. The highest BCUT2D eigenvalue weighted by atomic mass is 16.5. The van der Waals surface area contributed by atoms with Crippen molar-refractivity contribution >= 4 is 0 Å². The molecular weight excluding hydrogens is 254 g/mol. The third kappa shape index (κ3) is 3.22. The maximum absolute atomic E-state index is 5.87. The summed E-state index contributed by atoms with van der Waals surface area (Å²) in [5, 5.41) is 8.02. The highest BCUT2D eigenvalue weighted by Gasteiger charge is 2.20. The van der Waals surface area contributed by atoms with Crippen LogP contribution < -0.4 is 0 Å². The fraction of sp³-hybridized carbons (Fsp3) is 0.533. The molecule has 1 saturated carbocycles. The van der Waals surface area contributed by atoms with Crippen LogP contribution in [0.4, 0.5) is 0 Å². The Balaban J connectivity index is 1.58. The van der Waals surface area contributed by atoms with E-state index in [1.807, 2.05) is 18.2 Å². The predicted molar refractivity (Wildman–Crippen MR) is 73.7 cm³/mol. The van der Waals surface area contributed by atoms with Gasteiger partial charge in [0.25, 0.3) is 5.89 Å². The molecule has 1 fully saturated rings. The van der Waals surface area contributed by atoms with E-state index in [0.717, 1.165) is 18.8 Å². The van der Waals surface area contributed by atoms with Crippen molar-refractivity contribution in [3.63, 3.8) is 0 Å². The molecule has 1 aliphatic carbocycles. The monoisotopic (exact) mass is 273 g/mol. The highest BCUT2D eigenvalue weighted by Crippen LogP contribution is 2.26. The summed E-state index contributed by atoms with van der Waals surface area (Å²) >= 11 is 0. The predicted octanol–water partition coefficient (Wildman–Crippen LogP) is 3.23. The molecule has 0 radical (unpaired) electrons. The zero-order valence-corrected chi connectivity index (χ0v) is 11.7. The molecule has 5 heteroatoms. The van der Waals surface area contributed by atoms with E-state index < -0.39 is 0 Å². The average molecular weight is 273 g/mol. The van der Waals surface area contributed by atoms with Crippen LogP contribution in [0.15, 0.2) is 28.8 Å². The molecule has 2 heterocycles. The molecule has 0 saturated heterocycles. The van der Waals surface area contributed by atoms with Gasteiger partial charge in [-0.1, -0.05) is 25.8 Å². The van der Waals surface area contributed by atoms with Gasteiger partial charge < -0.3 is 9.15 Å². The van der Waals surface area contributed by atoms with Crippen LogP contribution in [0.1, 0.15) is 38.5 Å². The minimum absolute atomic E-state index is 0.323. The molecular formula is C15H19N3O2. The van der Waals surface area contributed by atoms with Gasteiger partial charge >= 0.3 is 0 Å². The first-order valence-electron chi connectivity index (χ1n) is 7.16. The van der Waals surface area contributed by atoms with Gasteiger partial charge in [-0.15, -0.1) is 10.2 Å². The molecule has 0 bridgehead atoms. The zero-order chi connectivity index (χ0) is 13.8. The van der Waals surface area contributed by atoms with Crippen molar-refractivity contribution < 1.29 is 9.15 Å². The van der Waals surface area contributed by atoms with Crippen LogP contribution in [0.3, 0.4) is 0 Å². The van der Waals surface area contributed by atoms with Crippen LogP contribution in [-0.4, -0.2) is 21.3 Å². The lowest BCUT2D eigenvalue weighted by Crippen LogP contribution is -2.21. The summed E-state index contributed by atoms with van der Waals surface area (Å²) in [6.45, 7) is 2.67. The van der Waals surface area contributed by atoms with Gasteiger partial charge in [-0.2, -0.15) is 0 Å². The first-order chi connectivity index (χ1) is 9.81. The van der Waals surface area contributed by atoms with E-state index >= 15 is 0 Å². The Morgan fingerprint density at radius 3 is 3.05 bits per heavy atom. The summed E-state index contributed by atoms with van der Waals surface area (Å²) in [6.07, 6.45) is 6.84. The van der Waals surface area contributed by atoms with Crippen LogP contribution in [-0.2, 0) is 11.3 Å². The van der Waals surface area contributed by atoms with Crippen molar-refractivity contribution in [2.24, 2.45) is 5.92 Å². The Morgan fingerprint density at radius 2 is 2.25 bits per heavy atom. The van der Waals surface area contributed by atoms with Crippen molar-refractivity contribution in [1.82, 2.24) is 15.2 Å². The molecule has 0 amide bonds. The summed E-state index contributed by atoms with van der Waals surface area (Å²) in [5.41, 5.74) is 0.692. The van der Waals surface area contributed by atoms with E-state index in [0.29, 0.717) is 30.2 Å². The van der Waals surface area contributed by atoms with E-state index in [4.69, 9.17) is 9.15 Å². The smallest absolute Gasteiger partial charge is 0.266 e. The topological polar surface area (TPSA) is 61.0 Å². The van der Waals surface area contributed by atoms with E-state index in [9.17, 15) is 0 Å². The first kappa shape index (κ1) is 13.2. The normalized spacial score (nSPS) is 22.9. The highest BCUT2D eigenvalue weighted by molar-refractivity contribution is 5.44. The summed E-state index contributed by atoms with van der Waals surface area (Å²) in [5.74, 6) is 1.71. The van der Waals surface area contributed by atoms with Gasteiger partial charge in [-0.25, -0.2) is 0 Å². The maximum Gasteiger partial charge on any atom is 0.266 e. The minimum Gasteiger partial charge on any atom is -0.417 e. The second kappa shape index (κ2) is 6.13. The van der Waals surface area contributed by atoms with Crippen LogP contribution in [0, 0.1) is 5.92 Å². The lowest BCUT2D eigenvalue weighted by atomic mass is 9.89. The lowest BCUT2D eigenvalue weighted by Gasteiger charge is -2.26. The maximum atomic E-state index is 5.87. The van der Waals surface area contributed by atoms with Gasteiger partial charge in [-0.3, -0.25) is 4.98 Å². The molecule has 0 unspecified atom stereocenters. The Kier molecular flexibility index (Phi) is 4.06. The Morgan fingerprint density at radius 1 is 1.30 bits per heavy atom. The van der Waals surface area contributed by atoms with Gasteiger partial charge in [0, 0.05) is 6.20 Å². The lowest BCUT2D eigenvalue weighted by molar-refractivity contribution is -0.00444. The molecule has 2 aromatic heterocycles. The summed E-state index contributed by atoms with van der Waals surface area (Å²) in [4.78, 5) is 4.19. The second-order valence-corrected chi connectivity index (χ2v) is 5.42. The Labute approximate surface area is 118 Å². The van der Waals surface area contributed by atoms with Crippen LogP contribution >= 0.6 is 0 Å². The van der Waals surface area contributed by atoms with Crippen molar-refractivity contribution in [3.05, 3.63) is 30.3 Å². The van der Waals surface area contributed by atoms with Crippen LogP contribution in [0.25, 0.3) is 11.6 Å². The van der Waals surface area contributed by atoms with Gasteiger partial charge in [0.15, 0.2) is 0 Å². The summed E-state index contributed by atoms with van der Waals surface area (Å²) in [7, 11) is 0. The molecule has 0 aliphatic heterocycles. The first-order valence-corrected chi connectivity index (χ1v) is 7.16. The number of pyridine rings is 1. The van der Waals surface area contributed by atoms with Crippen molar-refractivity contribution in [2.45, 2.75) is 45.3 Å². The number of hydrogen-bond acceptors (Lipinski definition) is 5.